The van der Waals surface area contributed by atoms with Crippen molar-refractivity contribution in [2.45, 2.75) is 37.0 Å². The largest absolute Gasteiger partial charge is 0.337 e. The number of rotatable bonds is 5. The maximum atomic E-state index is 12.7. The molecule has 8 nitrogen and oxygen atoms in total. The summed E-state index contributed by atoms with van der Waals surface area (Å²) in [7, 11) is -2.11. The van der Waals surface area contributed by atoms with Gasteiger partial charge in [0, 0.05) is 32.4 Å². The minimum Gasteiger partial charge on any atom is -0.337 e. The normalized spacial score (nSPS) is 21.4. The van der Waals surface area contributed by atoms with Crippen molar-refractivity contribution >= 4 is 15.9 Å². The van der Waals surface area contributed by atoms with Crippen LogP contribution in [0.4, 0.5) is 0 Å². The Bertz CT molecular complexity index is 834. The molecule has 9 heteroatoms. The van der Waals surface area contributed by atoms with Crippen LogP contribution in [0.25, 0.3) is 0 Å². The minimum absolute atomic E-state index is 0.0944. The second kappa shape index (κ2) is 6.33. The van der Waals surface area contributed by atoms with Crippen molar-refractivity contribution in [1.29, 1.82) is 0 Å². The molecule has 1 aliphatic heterocycles. The van der Waals surface area contributed by atoms with Gasteiger partial charge in [-0.2, -0.15) is 5.10 Å². The number of carbonyl (C=O) groups is 1. The van der Waals surface area contributed by atoms with E-state index in [1.807, 2.05) is 13.0 Å². The predicted octanol–water partition coefficient (Wildman–Crippen LogP) is 0.548. The van der Waals surface area contributed by atoms with Gasteiger partial charge < -0.3 is 4.90 Å². The van der Waals surface area contributed by atoms with Crippen molar-refractivity contribution in [3.8, 4) is 0 Å². The number of sulfonamides is 1. The van der Waals surface area contributed by atoms with Crippen molar-refractivity contribution in [3.63, 3.8) is 0 Å². The van der Waals surface area contributed by atoms with Crippen LogP contribution in [0.2, 0.25) is 0 Å². The van der Waals surface area contributed by atoms with Gasteiger partial charge in [-0.15, -0.1) is 0 Å². The third-order valence-electron chi connectivity index (χ3n) is 4.17. The first kappa shape index (κ1) is 16.6. The lowest BCUT2D eigenvalue weighted by Gasteiger charge is -2.25. The molecule has 3 rings (SSSR count). The van der Waals surface area contributed by atoms with Crippen molar-refractivity contribution in [2.75, 3.05) is 7.05 Å². The van der Waals surface area contributed by atoms with E-state index in [0.29, 0.717) is 6.54 Å². The Morgan fingerprint density at radius 1 is 1.33 bits per heavy atom. The van der Waals surface area contributed by atoms with Crippen LogP contribution in [-0.4, -0.2) is 47.1 Å². The molecule has 1 N–H and O–H groups in total. The minimum atomic E-state index is -3.78. The number of nitrogens with zero attached hydrogens (tertiary/aromatic N) is 4. The number of carbonyl (C=O) groups excluding carboxylic acids is 1. The van der Waals surface area contributed by atoms with Crippen LogP contribution in [0.5, 0.6) is 0 Å². The van der Waals surface area contributed by atoms with Gasteiger partial charge in [-0.05, 0) is 24.6 Å². The highest BCUT2D eigenvalue weighted by Gasteiger charge is 2.41. The van der Waals surface area contributed by atoms with Gasteiger partial charge in [0.15, 0.2) is 5.03 Å². The fraction of sp³-hybridized carbons (Fsp3) is 0.400. The standard InChI is InChI=1S/C15H19N5O3S/c1-3-20-14(6-8-17-20)24(22,23)18-12-9-13(21)19(2)15(12)11-5-4-7-16-10-11/h4-8,10,12,15,18H,3,9H2,1-2H3/t12-,15+/m1/s1. The summed E-state index contributed by atoms with van der Waals surface area (Å²) in [5, 5.41) is 4.09. The summed E-state index contributed by atoms with van der Waals surface area (Å²) < 4.78 is 29.5. The number of pyridine rings is 1. The van der Waals surface area contributed by atoms with E-state index in [-0.39, 0.29) is 23.4 Å². The van der Waals surface area contributed by atoms with E-state index in [1.54, 1.807) is 30.4 Å². The van der Waals surface area contributed by atoms with E-state index >= 15 is 0 Å². The Balaban J connectivity index is 1.92. The Kier molecular flexibility index (Phi) is 4.37. The highest BCUT2D eigenvalue weighted by molar-refractivity contribution is 7.89. The smallest absolute Gasteiger partial charge is 0.258 e. The molecule has 1 aliphatic rings. The van der Waals surface area contributed by atoms with Crippen LogP contribution in [0.1, 0.15) is 24.9 Å². The lowest BCUT2D eigenvalue weighted by Crippen LogP contribution is -2.39. The quantitative estimate of drug-likeness (QED) is 0.850. The monoisotopic (exact) mass is 349 g/mol. The number of likely N-dealkylation sites (N-methyl/N-ethyl adjacent to an activating group) is 1. The van der Waals surface area contributed by atoms with Crippen LogP contribution < -0.4 is 4.72 Å². The third kappa shape index (κ3) is 2.92. The summed E-state index contributed by atoms with van der Waals surface area (Å²) >= 11 is 0. The average Bonchev–Trinajstić information content (AvgIpc) is 3.14. The topological polar surface area (TPSA) is 97.2 Å². The first-order chi connectivity index (χ1) is 11.4. The molecule has 0 unspecified atom stereocenters. The van der Waals surface area contributed by atoms with Gasteiger partial charge in [0.1, 0.15) is 0 Å². The second-order valence-electron chi connectivity index (χ2n) is 5.65. The molecule has 0 spiro atoms. The number of aromatic nitrogens is 3. The van der Waals surface area contributed by atoms with E-state index in [2.05, 4.69) is 14.8 Å². The lowest BCUT2D eigenvalue weighted by atomic mass is 10.0. The number of nitrogens with one attached hydrogen (secondary N) is 1. The van der Waals surface area contributed by atoms with E-state index in [0.717, 1.165) is 5.56 Å². The number of hydrogen-bond acceptors (Lipinski definition) is 5. The number of hydrogen-bond donors (Lipinski definition) is 1. The summed E-state index contributed by atoms with van der Waals surface area (Å²) in [4.78, 5) is 17.7. The molecule has 2 atom stereocenters. The molecule has 0 aliphatic carbocycles. The van der Waals surface area contributed by atoms with Gasteiger partial charge in [0.05, 0.1) is 18.3 Å². The summed E-state index contributed by atoms with van der Waals surface area (Å²) in [5.74, 6) is -0.111. The maximum Gasteiger partial charge on any atom is 0.258 e. The van der Waals surface area contributed by atoms with Crippen molar-refractivity contribution < 1.29 is 13.2 Å². The molecule has 1 amide bonds. The van der Waals surface area contributed by atoms with Crippen LogP contribution in [0.3, 0.4) is 0 Å². The van der Waals surface area contributed by atoms with E-state index in [1.165, 1.54) is 16.9 Å². The lowest BCUT2D eigenvalue weighted by molar-refractivity contribution is -0.127. The number of amides is 1. The zero-order valence-corrected chi connectivity index (χ0v) is 14.3. The first-order valence-electron chi connectivity index (χ1n) is 7.63. The fourth-order valence-corrected chi connectivity index (χ4v) is 4.45. The Morgan fingerprint density at radius 3 is 2.79 bits per heavy atom. The highest BCUT2D eigenvalue weighted by atomic mass is 32.2. The number of aryl methyl sites for hydroxylation is 1. The van der Waals surface area contributed by atoms with Crippen LogP contribution in [0, 0.1) is 0 Å². The molecule has 0 radical (unpaired) electrons. The van der Waals surface area contributed by atoms with Gasteiger partial charge in [-0.25, -0.2) is 13.1 Å². The molecule has 3 heterocycles. The molecule has 2 aromatic heterocycles. The Labute approximate surface area is 140 Å². The van der Waals surface area contributed by atoms with Crippen LogP contribution >= 0.6 is 0 Å². The molecular formula is C15H19N5O3S. The van der Waals surface area contributed by atoms with Crippen molar-refractivity contribution in [3.05, 3.63) is 42.4 Å². The second-order valence-corrected chi connectivity index (χ2v) is 7.31. The van der Waals surface area contributed by atoms with Crippen LogP contribution in [0.15, 0.2) is 41.8 Å². The molecular weight excluding hydrogens is 330 g/mol. The molecule has 0 bridgehead atoms. The summed E-state index contributed by atoms with van der Waals surface area (Å²) in [6.45, 7) is 2.26. The van der Waals surface area contributed by atoms with Gasteiger partial charge in [-0.1, -0.05) is 6.07 Å². The molecule has 0 aromatic carbocycles. The van der Waals surface area contributed by atoms with E-state index < -0.39 is 16.1 Å². The van der Waals surface area contributed by atoms with Gasteiger partial charge in [0.2, 0.25) is 5.91 Å². The Morgan fingerprint density at radius 2 is 2.12 bits per heavy atom. The zero-order chi connectivity index (χ0) is 17.3. The molecule has 1 saturated heterocycles. The zero-order valence-electron chi connectivity index (χ0n) is 13.5. The average molecular weight is 349 g/mol. The molecule has 0 saturated carbocycles. The SMILES string of the molecule is CCn1nccc1S(=O)(=O)N[C@@H]1CC(=O)N(C)[C@H]1c1cccnc1. The van der Waals surface area contributed by atoms with Crippen LogP contribution in [-0.2, 0) is 21.4 Å². The van der Waals surface area contributed by atoms with Gasteiger partial charge in [-0.3, -0.25) is 14.5 Å². The van der Waals surface area contributed by atoms with Gasteiger partial charge >= 0.3 is 0 Å². The van der Waals surface area contributed by atoms with E-state index in [9.17, 15) is 13.2 Å². The van der Waals surface area contributed by atoms with Gasteiger partial charge in [0.25, 0.3) is 10.0 Å². The Hall–Kier alpha value is -2.26. The van der Waals surface area contributed by atoms with Crippen molar-refractivity contribution in [1.82, 2.24) is 24.4 Å². The number of likely N-dealkylation sites (tertiary alicyclic amines) is 1. The molecule has 24 heavy (non-hydrogen) atoms. The molecule has 128 valence electrons. The predicted molar refractivity (Wildman–Crippen MR) is 86.4 cm³/mol. The van der Waals surface area contributed by atoms with E-state index in [4.69, 9.17) is 0 Å². The summed E-state index contributed by atoms with van der Waals surface area (Å²) in [6, 6.07) is 4.11. The maximum absolute atomic E-state index is 12.7. The molecule has 2 aromatic rings. The first-order valence-corrected chi connectivity index (χ1v) is 9.12. The highest BCUT2D eigenvalue weighted by Crippen LogP contribution is 2.32. The summed E-state index contributed by atoms with van der Waals surface area (Å²) in [6.07, 6.45) is 4.84. The fourth-order valence-electron chi connectivity index (χ4n) is 3.03. The summed E-state index contributed by atoms with van der Waals surface area (Å²) in [5.41, 5.74) is 0.794. The van der Waals surface area contributed by atoms with Crippen molar-refractivity contribution in [2.24, 2.45) is 0 Å². The third-order valence-corrected chi connectivity index (χ3v) is 5.68. The molecule has 1 fully saturated rings.